The molecule has 0 saturated heterocycles. The third kappa shape index (κ3) is 2.41. The van der Waals surface area contributed by atoms with Crippen molar-refractivity contribution in [1.82, 2.24) is 0 Å². The number of fused-ring (bicyclic) bond motifs is 2. The van der Waals surface area contributed by atoms with Crippen molar-refractivity contribution in [2.75, 3.05) is 0 Å². The number of nitrogens with zero attached hydrogens (tertiary/aromatic N) is 2. The Morgan fingerprint density at radius 1 is 0.786 bits per heavy atom. The molecule has 2 atom stereocenters. The van der Waals surface area contributed by atoms with E-state index in [9.17, 15) is 20.2 Å². The predicted molar refractivity (Wildman–Crippen MR) is 108 cm³/mol. The summed E-state index contributed by atoms with van der Waals surface area (Å²) in [6.45, 7) is 6.64. The van der Waals surface area contributed by atoms with Crippen molar-refractivity contribution in [3.8, 4) is 0 Å². The quantitative estimate of drug-likeness (QED) is 0.510. The van der Waals surface area contributed by atoms with Gasteiger partial charge in [0.2, 0.25) is 0 Å². The Hall–Kier alpha value is -3.28. The van der Waals surface area contributed by atoms with Crippen molar-refractivity contribution in [2.24, 2.45) is 16.7 Å². The van der Waals surface area contributed by atoms with E-state index in [1.807, 2.05) is 24.3 Å². The maximum absolute atomic E-state index is 10.9. The maximum atomic E-state index is 10.9. The van der Waals surface area contributed by atoms with E-state index in [-0.39, 0.29) is 28.1 Å². The molecule has 0 amide bonds. The average Bonchev–Trinajstić information content (AvgIpc) is 2.99. The summed E-state index contributed by atoms with van der Waals surface area (Å²) >= 11 is 0. The van der Waals surface area contributed by atoms with Crippen LogP contribution in [-0.2, 0) is 0 Å². The van der Waals surface area contributed by atoms with Gasteiger partial charge in [0.15, 0.2) is 0 Å². The maximum Gasteiger partial charge on any atom is 0.269 e. The molecule has 0 radical (unpaired) electrons. The fraction of sp³-hybridized carbons (Fsp3) is 0.273. The first-order chi connectivity index (χ1) is 13.1. The lowest BCUT2D eigenvalue weighted by atomic mass is 9.66. The fourth-order valence-electron chi connectivity index (χ4n) is 4.56. The second-order valence-electron chi connectivity index (χ2n) is 8.19. The molecule has 0 aliphatic heterocycles. The molecule has 0 aromatic heterocycles. The topological polar surface area (TPSA) is 86.3 Å². The molecule has 2 aliphatic rings. The number of benzene rings is 2. The van der Waals surface area contributed by atoms with E-state index in [1.165, 1.54) is 11.1 Å². The van der Waals surface area contributed by atoms with E-state index in [2.05, 4.69) is 32.9 Å². The molecule has 2 bridgehead atoms. The van der Waals surface area contributed by atoms with Gasteiger partial charge < -0.3 is 0 Å². The summed E-state index contributed by atoms with van der Waals surface area (Å²) in [6.07, 6.45) is 4.51. The molecule has 6 nitrogen and oxygen atoms in total. The van der Waals surface area contributed by atoms with E-state index >= 15 is 0 Å². The van der Waals surface area contributed by atoms with Crippen molar-refractivity contribution in [3.05, 3.63) is 92.0 Å². The van der Waals surface area contributed by atoms with Gasteiger partial charge in [-0.1, -0.05) is 32.9 Å². The van der Waals surface area contributed by atoms with E-state index < -0.39 is 9.85 Å². The third-order valence-corrected chi connectivity index (χ3v) is 6.59. The first-order valence-electron chi connectivity index (χ1n) is 9.10. The Labute approximate surface area is 162 Å². The van der Waals surface area contributed by atoms with Crippen LogP contribution in [0.25, 0.3) is 11.1 Å². The summed E-state index contributed by atoms with van der Waals surface area (Å²) in [6, 6.07) is 13.4. The number of hydrogen-bond acceptors (Lipinski definition) is 4. The standard InChI is InChI=1S/C22H20N2O4/c1-21(2)20-12-19(15-6-10-17(11-7-15)24(27)28)22(21,3)13-18(20)14-4-8-16(9-5-14)23(25)26/h4-13,20H,1-3H3/t20-,22-/m1/s1. The van der Waals surface area contributed by atoms with Crippen molar-refractivity contribution in [2.45, 2.75) is 20.8 Å². The lowest BCUT2D eigenvalue weighted by molar-refractivity contribution is -0.385. The van der Waals surface area contributed by atoms with Crippen LogP contribution in [0.4, 0.5) is 11.4 Å². The van der Waals surface area contributed by atoms with Gasteiger partial charge in [0.25, 0.3) is 11.4 Å². The van der Waals surface area contributed by atoms with Gasteiger partial charge in [-0.05, 0) is 52.0 Å². The normalized spacial score (nSPS) is 24.6. The summed E-state index contributed by atoms with van der Waals surface area (Å²) in [4.78, 5) is 21.1. The minimum atomic E-state index is -0.392. The monoisotopic (exact) mass is 376 g/mol. The summed E-state index contributed by atoms with van der Waals surface area (Å²) in [5, 5.41) is 21.9. The van der Waals surface area contributed by atoms with E-state index in [1.54, 1.807) is 24.3 Å². The molecule has 2 aromatic rings. The van der Waals surface area contributed by atoms with Gasteiger partial charge >= 0.3 is 0 Å². The largest absolute Gasteiger partial charge is 0.269 e. The number of non-ortho nitro benzene ring substituents is 2. The summed E-state index contributed by atoms with van der Waals surface area (Å²) in [5.74, 6) is 0.171. The molecule has 0 unspecified atom stereocenters. The summed E-state index contributed by atoms with van der Waals surface area (Å²) < 4.78 is 0. The molecule has 0 heterocycles. The fourth-order valence-corrected chi connectivity index (χ4v) is 4.56. The number of allylic oxidation sites excluding steroid dienone is 4. The van der Waals surface area contributed by atoms with Crippen LogP contribution in [0.15, 0.2) is 60.7 Å². The van der Waals surface area contributed by atoms with Gasteiger partial charge in [-0.25, -0.2) is 0 Å². The Morgan fingerprint density at radius 3 is 1.64 bits per heavy atom. The molecule has 4 rings (SSSR count). The van der Waals surface area contributed by atoms with E-state index in [0.717, 1.165) is 11.1 Å². The molecule has 6 heteroatoms. The van der Waals surface area contributed by atoms with Crippen LogP contribution < -0.4 is 0 Å². The number of nitro benzene ring substituents is 2. The molecular formula is C22H20N2O4. The van der Waals surface area contributed by atoms with Crippen LogP contribution in [0.3, 0.4) is 0 Å². The lowest BCUT2D eigenvalue weighted by Gasteiger charge is -2.37. The molecule has 142 valence electrons. The third-order valence-electron chi connectivity index (χ3n) is 6.59. The Bertz CT molecular complexity index is 1050. The predicted octanol–water partition coefficient (Wildman–Crippen LogP) is 5.65. The molecule has 0 saturated carbocycles. The minimum Gasteiger partial charge on any atom is -0.258 e. The van der Waals surface area contributed by atoms with E-state index in [0.29, 0.717) is 0 Å². The van der Waals surface area contributed by atoms with Crippen molar-refractivity contribution < 1.29 is 9.85 Å². The first kappa shape index (κ1) is 18.1. The highest BCUT2D eigenvalue weighted by atomic mass is 16.6. The van der Waals surface area contributed by atoms with Crippen molar-refractivity contribution in [1.29, 1.82) is 0 Å². The zero-order valence-electron chi connectivity index (χ0n) is 15.9. The molecule has 28 heavy (non-hydrogen) atoms. The number of rotatable bonds is 4. The summed E-state index contributed by atoms with van der Waals surface area (Å²) in [5.41, 5.74) is 4.19. The number of nitro groups is 2. The Kier molecular flexibility index (Phi) is 3.79. The van der Waals surface area contributed by atoms with Gasteiger partial charge in [-0.2, -0.15) is 0 Å². The average molecular weight is 376 g/mol. The molecule has 0 fully saturated rings. The molecule has 2 aliphatic carbocycles. The SMILES string of the molecule is CC1(C)[C@@H]2C=C(c3ccc([N+](=O)[O-])cc3)[C@@]1(C)C=C2c1ccc([N+](=O)[O-])cc1. The van der Waals surface area contributed by atoms with Gasteiger partial charge in [-0.15, -0.1) is 0 Å². The smallest absolute Gasteiger partial charge is 0.258 e. The van der Waals surface area contributed by atoms with E-state index in [4.69, 9.17) is 0 Å². The zero-order valence-corrected chi connectivity index (χ0v) is 15.9. The van der Waals surface area contributed by atoms with Crippen LogP contribution in [0.2, 0.25) is 0 Å². The zero-order chi connectivity index (χ0) is 20.3. The van der Waals surface area contributed by atoms with Crippen LogP contribution in [-0.4, -0.2) is 9.85 Å². The van der Waals surface area contributed by atoms with Crippen molar-refractivity contribution in [3.63, 3.8) is 0 Å². The summed E-state index contributed by atoms with van der Waals surface area (Å²) in [7, 11) is 0. The first-order valence-corrected chi connectivity index (χ1v) is 9.10. The van der Waals surface area contributed by atoms with Crippen LogP contribution >= 0.6 is 0 Å². The van der Waals surface area contributed by atoms with Crippen LogP contribution in [0.1, 0.15) is 31.9 Å². The van der Waals surface area contributed by atoms with Crippen molar-refractivity contribution >= 4 is 22.5 Å². The Balaban J connectivity index is 1.72. The highest BCUT2D eigenvalue weighted by molar-refractivity contribution is 5.88. The highest BCUT2D eigenvalue weighted by Crippen LogP contribution is 2.68. The Morgan fingerprint density at radius 2 is 1.25 bits per heavy atom. The number of hydrogen-bond donors (Lipinski definition) is 0. The van der Waals surface area contributed by atoms with Crippen LogP contribution in [0, 0.1) is 37.0 Å². The molecule has 0 spiro atoms. The van der Waals surface area contributed by atoms with Gasteiger partial charge in [-0.3, -0.25) is 20.2 Å². The van der Waals surface area contributed by atoms with Gasteiger partial charge in [0.1, 0.15) is 0 Å². The highest BCUT2D eigenvalue weighted by Gasteiger charge is 2.57. The molecule has 0 N–H and O–H groups in total. The lowest BCUT2D eigenvalue weighted by Crippen LogP contribution is -2.30. The van der Waals surface area contributed by atoms with Gasteiger partial charge in [0, 0.05) is 35.6 Å². The van der Waals surface area contributed by atoms with Crippen LogP contribution in [0.5, 0.6) is 0 Å². The second kappa shape index (κ2) is 5.86. The molecule has 2 aromatic carbocycles. The molecular weight excluding hydrogens is 356 g/mol. The van der Waals surface area contributed by atoms with Gasteiger partial charge in [0.05, 0.1) is 9.85 Å². The second-order valence-corrected chi connectivity index (χ2v) is 8.19. The minimum absolute atomic E-state index is 0.0682.